The van der Waals surface area contributed by atoms with Crippen molar-refractivity contribution in [2.75, 3.05) is 0 Å². The number of nitrogens with two attached hydrogens (primary N) is 1. The molecular formula is C13H13NO2. The van der Waals surface area contributed by atoms with Crippen LogP contribution in [0.15, 0.2) is 47.1 Å². The number of benzene rings is 1. The summed E-state index contributed by atoms with van der Waals surface area (Å²) < 4.78 is 5.30. The lowest BCUT2D eigenvalue weighted by molar-refractivity contribution is -0.119. The van der Waals surface area contributed by atoms with E-state index in [1.807, 2.05) is 36.4 Å². The fourth-order valence-electron chi connectivity index (χ4n) is 1.57. The van der Waals surface area contributed by atoms with Gasteiger partial charge in [0, 0.05) is 5.56 Å². The maximum atomic E-state index is 11.1. The molecule has 3 nitrogen and oxygen atoms in total. The molecule has 2 N–H and O–H groups in total. The Labute approximate surface area is 93.9 Å². The van der Waals surface area contributed by atoms with Gasteiger partial charge in [0.25, 0.3) is 0 Å². The standard InChI is InChI=1S/C13H13NO2/c1-9(13(14)15)10-4-2-5-11(8-10)12-6-3-7-16-12/h2-9H,1H3,(H2,14,15)/t9-/m1/s1. The topological polar surface area (TPSA) is 56.2 Å². The van der Waals surface area contributed by atoms with E-state index in [-0.39, 0.29) is 11.8 Å². The number of amides is 1. The average molecular weight is 215 g/mol. The summed E-state index contributed by atoms with van der Waals surface area (Å²) in [4.78, 5) is 11.1. The molecule has 0 aliphatic carbocycles. The molecule has 1 atom stereocenters. The molecule has 16 heavy (non-hydrogen) atoms. The molecule has 0 spiro atoms. The van der Waals surface area contributed by atoms with Crippen molar-refractivity contribution in [2.45, 2.75) is 12.8 Å². The van der Waals surface area contributed by atoms with Gasteiger partial charge in [-0.1, -0.05) is 18.2 Å². The van der Waals surface area contributed by atoms with E-state index < -0.39 is 0 Å². The van der Waals surface area contributed by atoms with E-state index in [0.29, 0.717) is 0 Å². The summed E-state index contributed by atoms with van der Waals surface area (Å²) in [5, 5.41) is 0. The zero-order valence-electron chi connectivity index (χ0n) is 9.01. The molecule has 2 aromatic rings. The van der Waals surface area contributed by atoms with Crippen LogP contribution in [0.5, 0.6) is 0 Å². The summed E-state index contributed by atoms with van der Waals surface area (Å²) in [6.45, 7) is 1.80. The first kappa shape index (κ1) is 10.5. The smallest absolute Gasteiger partial charge is 0.224 e. The Bertz CT molecular complexity index is 488. The zero-order chi connectivity index (χ0) is 11.5. The van der Waals surface area contributed by atoms with Crippen molar-refractivity contribution in [3.05, 3.63) is 48.2 Å². The highest BCUT2D eigenvalue weighted by Crippen LogP contribution is 2.24. The van der Waals surface area contributed by atoms with Crippen LogP contribution in [0.25, 0.3) is 11.3 Å². The predicted octanol–water partition coefficient (Wildman–Crippen LogP) is 2.54. The summed E-state index contributed by atoms with van der Waals surface area (Å²) in [5.41, 5.74) is 7.13. The highest BCUT2D eigenvalue weighted by molar-refractivity contribution is 5.81. The number of primary amides is 1. The summed E-state index contributed by atoms with van der Waals surface area (Å²) >= 11 is 0. The first-order chi connectivity index (χ1) is 7.68. The molecule has 0 saturated carbocycles. The molecule has 0 aliphatic rings. The molecule has 1 amide bonds. The van der Waals surface area contributed by atoms with Crippen molar-refractivity contribution >= 4 is 5.91 Å². The minimum atomic E-state index is -0.323. The normalized spacial score (nSPS) is 12.3. The minimum absolute atomic E-state index is 0.282. The van der Waals surface area contributed by atoms with Gasteiger partial charge in [-0.2, -0.15) is 0 Å². The van der Waals surface area contributed by atoms with Gasteiger partial charge in [-0.05, 0) is 30.7 Å². The second-order valence-electron chi connectivity index (χ2n) is 3.73. The quantitative estimate of drug-likeness (QED) is 0.855. The van der Waals surface area contributed by atoms with Gasteiger partial charge < -0.3 is 10.2 Å². The Hall–Kier alpha value is -2.03. The monoisotopic (exact) mass is 215 g/mol. The lowest BCUT2D eigenvalue weighted by atomic mass is 9.98. The third-order valence-electron chi connectivity index (χ3n) is 2.62. The first-order valence-electron chi connectivity index (χ1n) is 5.11. The number of furan rings is 1. The van der Waals surface area contributed by atoms with Gasteiger partial charge in [0.1, 0.15) is 5.76 Å². The number of rotatable bonds is 3. The van der Waals surface area contributed by atoms with Crippen LogP contribution in [0.3, 0.4) is 0 Å². The van der Waals surface area contributed by atoms with Gasteiger partial charge in [0.15, 0.2) is 0 Å². The molecule has 0 aliphatic heterocycles. The van der Waals surface area contributed by atoms with E-state index in [2.05, 4.69) is 0 Å². The van der Waals surface area contributed by atoms with Crippen molar-refractivity contribution in [3.63, 3.8) is 0 Å². The Morgan fingerprint density at radius 2 is 2.12 bits per heavy atom. The molecule has 0 saturated heterocycles. The molecular weight excluding hydrogens is 202 g/mol. The van der Waals surface area contributed by atoms with Crippen LogP contribution < -0.4 is 5.73 Å². The predicted molar refractivity (Wildman–Crippen MR) is 61.8 cm³/mol. The molecule has 0 unspecified atom stereocenters. The maximum absolute atomic E-state index is 11.1. The molecule has 0 fully saturated rings. The van der Waals surface area contributed by atoms with Crippen LogP contribution in [0.1, 0.15) is 18.4 Å². The van der Waals surface area contributed by atoms with Crippen molar-refractivity contribution in [3.8, 4) is 11.3 Å². The van der Waals surface area contributed by atoms with E-state index in [4.69, 9.17) is 10.2 Å². The maximum Gasteiger partial charge on any atom is 0.224 e. The largest absolute Gasteiger partial charge is 0.464 e. The average Bonchev–Trinajstić information content (AvgIpc) is 2.81. The van der Waals surface area contributed by atoms with E-state index in [9.17, 15) is 4.79 Å². The molecule has 0 radical (unpaired) electrons. The van der Waals surface area contributed by atoms with Gasteiger partial charge in [-0.3, -0.25) is 4.79 Å². The van der Waals surface area contributed by atoms with Gasteiger partial charge in [0.05, 0.1) is 12.2 Å². The molecule has 2 rings (SSSR count). The van der Waals surface area contributed by atoms with E-state index in [1.54, 1.807) is 13.2 Å². The van der Waals surface area contributed by atoms with Crippen LogP contribution in [0.4, 0.5) is 0 Å². The number of hydrogen-bond acceptors (Lipinski definition) is 2. The molecule has 82 valence electrons. The lowest BCUT2D eigenvalue weighted by Crippen LogP contribution is -2.18. The Balaban J connectivity index is 2.37. The van der Waals surface area contributed by atoms with Crippen LogP contribution in [0, 0.1) is 0 Å². The van der Waals surface area contributed by atoms with Crippen LogP contribution in [-0.2, 0) is 4.79 Å². The third kappa shape index (κ3) is 1.98. The van der Waals surface area contributed by atoms with Gasteiger partial charge in [-0.15, -0.1) is 0 Å². The number of hydrogen-bond donors (Lipinski definition) is 1. The van der Waals surface area contributed by atoms with E-state index >= 15 is 0 Å². The third-order valence-corrected chi connectivity index (χ3v) is 2.62. The van der Waals surface area contributed by atoms with Crippen molar-refractivity contribution < 1.29 is 9.21 Å². The van der Waals surface area contributed by atoms with Crippen molar-refractivity contribution in [1.29, 1.82) is 0 Å². The summed E-state index contributed by atoms with van der Waals surface area (Å²) in [6.07, 6.45) is 1.62. The van der Waals surface area contributed by atoms with Gasteiger partial charge in [0.2, 0.25) is 5.91 Å². The van der Waals surface area contributed by atoms with Gasteiger partial charge >= 0.3 is 0 Å². The molecule has 3 heteroatoms. The summed E-state index contributed by atoms with van der Waals surface area (Å²) in [6, 6.07) is 11.4. The second kappa shape index (κ2) is 4.23. The zero-order valence-corrected chi connectivity index (χ0v) is 9.01. The van der Waals surface area contributed by atoms with E-state index in [1.165, 1.54) is 0 Å². The molecule has 1 aromatic heterocycles. The fraction of sp³-hybridized carbons (Fsp3) is 0.154. The summed E-state index contributed by atoms with van der Waals surface area (Å²) in [7, 11) is 0. The minimum Gasteiger partial charge on any atom is -0.464 e. The Morgan fingerprint density at radius 1 is 1.31 bits per heavy atom. The number of carbonyl (C=O) groups is 1. The lowest BCUT2D eigenvalue weighted by Gasteiger charge is -2.08. The highest BCUT2D eigenvalue weighted by Gasteiger charge is 2.12. The van der Waals surface area contributed by atoms with Crippen LogP contribution in [0.2, 0.25) is 0 Å². The number of carbonyl (C=O) groups excluding carboxylic acids is 1. The second-order valence-corrected chi connectivity index (χ2v) is 3.73. The summed E-state index contributed by atoms with van der Waals surface area (Å²) in [5.74, 6) is 0.185. The van der Waals surface area contributed by atoms with Crippen molar-refractivity contribution in [2.24, 2.45) is 5.73 Å². The highest BCUT2D eigenvalue weighted by atomic mass is 16.3. The SMILES string of the molecule is C[C@@H](C(N)=O)c1cccc(-c2ccco2)c1. The fourth-order valence-corrected chi connectivity index (χ4v) is 1.57. The molecule has 1 aromatic carbocycles. The van der Waals surface area contributed by atoms with Crippen LogP contribution >= 0.6 is 0 Å². The van der Waals surface area contributed by atoms with Crippen molar-refractivity contribution in [1.82, 2.24) is 0 Å². The molecule has 0 bridgehead atoms. The first-order valence-corrected chi connectivity index (χ1v) is 5.11. The Kier molecular flexibility index (Phi) is 2.77. The van der Waals surface area contributed by atoms with Gasteiger partial charge in [-0.25, -0.2) is 0 Å². The van der Waals surface area contributed by atoms with E-state index in [0.717, 1.165) is 16.9 Å². The molecule has 1 heterocycles. The van der Waals surface area contributed by atoms with Crippen LogP contribution in [-0.4, -0.2) is 5.91 Å². The Morgan fingerprint density at radius 3 is 2.75 bits per heavy atom.